The molecule has 2 aliphatic rings. The van der Waals surface area contributed by atoms with Gasteiger partial charge in [-0.15, -0.1) is 0 Å². The number of amidine groups is 1. The van der Waals surface area contributed by atoms with Gasteiger partial charge in [0, 0.05) is 18.4 Å². The van der Waals surface area contributed by atoms with Gasteiger partial charge in [-0.05, 0) is 30.4 Å². The fraction of sp³-hybridized carbons (Fsp3) is 0.562. The van der Waals surface area contributed by atoms with Crippen LogP contribution in [0.2, 0.25) is 0 Å². The van der Waals surface area contributed by atoms with Crippen LogP contribution < -0.4 is 5.73 Å². The number of fused-ring (bicyclic) bond motifs is 1. The molecule has 2 aliphatic carbocycles. The normalized spacial score (nSPS) is 24.4. The predicted molar refractivity (Wildman–Crippen MR) is 76.0 cm³/mol. The zero-order valence-electron chi connectivity index (χ0n) is 10.9. The van der Waals surface area contributed by atoms with Gasteiger partial charge in [0.1, 0.15) is 0 Å². The highest BCUT2D eigenvalue weighted by Gasteiger charge is 2.25. The first kappa shape index (κ1) is 11.8. The van der Waals surface area contributed by atoms with Crippen molar-refractivity contribution in [2.45, 2.75) is 44.4 Å². The molecule has 1 atom stereocenters. The Bertz CT molecular complexity index is 444. The maximum Gasteiger partial charge on any atom is 0.0968 e. The van der Waals surface area contributed by atoms with Crippen molar-refractivity contribution in [1.29, 1.82) is 0 Å². The van der Waals surface area contributed by atoms with Gasteiger partial charge in [0.25, 0.3) is 0 Å². The Labute approximate surface area is 109 Å². The smallest absolute Gasteiger partial charge is 0.0968 e. The average molecular weight is 242 g/mol. The van der Waals surface area contributed by atoms with Crippen LogP contribution in [0.25, 0.3) is 0 Å². The maximum atomic E-state index is 6.15. The molecule has 0 saturated heterocycles. The van der Waals surface area contributed by atoms with Gasteiger partial charge in [-0.3, -0.25) is 4.99 Å². The van der Waals surface area contributed by atoms with E-state index in [1.807, 2.05) is 0 Å². The number of nitrogens with two attached hydrogens (primary N) is 1. The largest absolute Gasteiger partial charge is 0.387 e. The van der Waals surface area contributed by atoms with Crippen LogP contribution >= 0.6 is 0 Å². The zero-order valence-corrected chi connectivity index (χ0v) is 10.9. The van der Waals surface area contributed by atoms with Gasteiger partial charge in [-0.25, -0.2) is 0 Å². The summed E-state index contributed by atoms with van der Waals surface area (Å²) in [6.07, 6.45) is 7.70. The van der Waals surface area contributed by atoms with E-state index in [0.717, 1.165) is 12.4 Å². The van der Waals surface area contributed by atoms with Crippen LogP contribution in [0.15, 0.2) is 29.3 Å². The lowest BCUT2D eigenvalue weighted by atomic mass is 9.78. The topological polar surface area (TPSA) is 38.4 Å². The first-order valence-corrected chi connectivity index (χ1v) is 7.22. The Hall–Kier alpha value is -1.31. The molecule has 0 spiro atoms. The summed E-state index contributed by atoms with van der Waals surface area (Å²) in [4.78, 5) is 4.66. The van der Waals surface area contributed by atoms with Crippen molar-refractivity contribution in [2.24, 2.45) is 16.6 Å². The molecule has 1 saturated carbocycles. The molecule has 0 amide bonds. The summed E-state index contributed by atoms with van der Waals surface area (Å²) in [5.41, 5.74) is 9.12. The second kappa shape index (κ2) is 5.13. The van der Waals surface area contributed by atoms with Crippen molar-refractivity contribution in [3.8, 4) is 0 Å². The summed E-state index contributed by atoms with van der Waals surface area (Å²) in [6, 6.07) is 8.70. The van der Waals surface area contributed by atoms with Crippen molar-refractivity contribution < 1.29 is 0 Å². The first-order chi connectivity index (χ1) is 8.84. The standard InChI is InChI=1S/C16H22N2/c17-16(12-6-2-1-3-7-12)18-11-14-10-13-8-4-5-9-15(13)14/h4-5,8-9,12,14H,1-3,6-7,10-11H2,(H2,17,18). The molecule has 3 rings (SSSR count). The molecule has 0 aromatic heterocycles. The lowest BCUT2D eigenvalue weighted by Gasteiger charge is -2.29. The third-order valence-electron chi connectivity index (χ3n) is 4.48. The van der Waals surface area contributed by atoms with Gasteiger partial charge in [-0.2, -0.15) is 0 Å². The van der Waals surface area contributed by atoms with Gasteiger partial charge >= 0.3 is 0 Å². The Morgan fingerprint density at radius 1 is 1.17 bits per heavy atom. The molecule has 2 nitrogen and oxygen atoms in total. The summed E-state index contributed by atoms with van der Waals surface area (Å²) < 4.78 is 0. The highest BCUT2D eigenvalue weighted by atomic mass is 14.9. The molecule has 0 bridgehead atoms. The van der Waals surface area contributed by atoms with Crippen molar-refractivity contribution in [1.82, 2.24) is 0 Å². The van der Waals surface area contributed by atoms with E-state index in [1.54, 1.807) is 0 Å². The Balaban J connectivity index is 1.58. The van der Waals surface area contributed by atoms with Crippen LogP contribution in [-0.2, 0) is 6.42 Å². The van der Waals surface area contributed by atoms with Crippen molar-refractivity contribution in [2.75, 3.05) is 6.54 Å². The molecule has 1 aromatic carbocycles. The van der Waals surface area contributed by atoms with Gasteiger partial charge in [0.2, 0.25) is 0 Å². The van der Waals surface area contributed by atoms with Crippen molar-refractivity contribution in [3.05, 3.63) is 35.4 Å². The van der Waals surface area contributed by atoms with E-state index in [2.05, 4.69) is 29.3 Å². The molecule has 0 aliphatic heterocycles. The molecule has 0 heterocycles. The van der Waals surface area contributed by atoms with Crippen LogP contribution in [0.3, 0.4) is 0 Å². The van der Waals surface area contributed by atoms with Gasteiger partial charge in [-0.1, -0.05) is 43.5 Å². The Morgan fingerprint density at radius 2 is 1.94 bits per heavy atom. The summed E-state index contributed by atoms with van der Waals surface area (Å²) in [7, 11) is 0. The third-order valence-corrected chi connectivity index (χ3v) is 4.48. The van der Waals surface area contributed by atoms with E-state index < -0.39 is 0 Å². The second-order valence-corrected chi connectivity index (χ2v) is 5.70. The summed E-state index contributed by atoms with van der Waals surface area (Å²) in [5, 5.41) is 0. The summed E-state index contributed by atoms with van der Waals surface area (Å²) in [6.45, 7) is 0.888. The van der Waals surface area contributed by atoms with Crippen LogP contribution in [0.5, 0.6) is 0 Å². The molecule has 2 N–H and O–H groups in total. The van der Waals surface area contributed by atoms with E-state index in [9.17, 15) is 0 Å². The molecular weight excluding hydrogens is 220 g/mol. The van der Waals surface area contributed by atoms with Crippen LogP contribution in [-0.4, -0.2) is 12.4 Å². The molecule has 1 aromatic rings. The molecule has 96 valence electrons. The highest BCUT2D eigenvalue weighted by Crippen LogP contribution is 2.35. The molecule has 18 heavy (non-hydrogen) atoms. The molecule has 1 fully saturated rings. The fourth-order valence-electron chi connectivity index (χ4n) is 3.27. The lowest BCUT2D eigenvalue weighted by molar-refractivity contribution is 0.435. The average Bonchev–Trinajstić information content (AvgIpc) is 2.40. The minimum atomic E-state index is 0.564. The fourth-order valence-corrected chi connectivity index (χ4v) is 3.27. The number of nitrogens with zero attached hydrogens (tertiary/aromatic N) is 1. The van der Waals surface area contributed by atoms with E-state index in [0.29, 0.717) is 11.8 Å². The van der Waals surface area contributed by atoms with Crippen molar-refractivity contribution >= 4 is 5.84 Å². The van der Waals surface area contributed by atoms with Gasteiger partial charge in [0.15, 0.2) is 0 Å². The lowest BCUT2D eigenvalue weighted by Crippen LogP contribution is -2.28. The Morgan fingerprint density at radius 3 is 2.72 bits per heavy atom. The highest BCUT2D eigenvalue weighted by molar-refractivity contribution is 5.83. The zero-order chi connectivity index (χ0) is 12.4. The van der Waals surface area contributed by atoms with Gasteiger partial charge in [0.05, 0.1) is 5.84 Å². The molecule has 2 heteroatoms. The number of hydrogen-bond acceptors (Lipinski definition) is 1. The minimum absolute atomic E-state index is 0.564. The second-order valence-electron chi connectivity index (χ2n) is 5.70. The van der Waals surface area contributed by atoms with Crippen LogP contribution in [0.4, 0.5) is 0 Å². The van der Waals surface area contributed by atoms with Crippen LogP contribution in [0, 0.1) is 5.92 Å². The van der Waals surface area contributed by atoms with Crippen LogP contribution in [0.1, 0.15) is 49.1 Å². The number of hydrogen-bond donors (Lipinski definition) is 1. The van der Waals surface area contributed by atoms with E-state index >= 15 is 0 Å². The minimum Gasteiger partial charge on any atom is -0.387 e. The van der Waals surface area contributed by atoms with Gasteiger partial charge < -0.3 is 5.73 Å². The quantitative estimate of drug-likeness (QED) is 0.641. The van der Waals surface area contributed by atoms with E-state index in [1.165, 1.54) is 49.7 Å². The van der Waals surface area contributed by atoms with E-state index in [4.69, 9.17) is 5.73 Å². The Kier molecular flexibility index (Phi) is 3.35. The van der Waals surface area contributed by atoms with Crippen molar-refractivity contribution in [3.63, 3.8) is 0 Å². The molecular formula is C16H22N2. The monoisotopic (exact) mass is 242 g/mol. The third kappa shape index (κ3) is 2.29. The number of rotatable bonds is 3. The first-order valence-electron chi connectivity index (χ1n) is 7.22. The predicted octanol–water partition coefficient (Wildman–Crippen LogP) is 3.26. The maximum absolute atomic E-state index is 6.15. The number of aliphatic imine (C=N–C) groups is 1. The SMILES string of the molecule is NC(=NCC1Cc2ccccc21)C1CCCCC1. The summed E-state index contributed by atoms with van der Waals surface area (Å²) in [5.74, 6) is 2.09. The molecule has 1 unspecified atom stereocenters. The summed E-state index contributed by atoms with van der Waals surface area (Å²) >= 11 is 0. The van der Waals surface area contributed by atoms with E-state index in [-0.39, 0.29) is 0 Å². The molecule has 0 radical (unpaired) electrons. The number of benzene rings is 1.